The quantitative estimate of drug-likeness (QED) is 0.648. The van der Waals surface area contributed by atoms with Crippen molar-refractivity contribution in [1.82, 2.24) is 9.55 Å². The summed E-state index contributed by atoms with van der Waals surface area (Å²) in [5.74, 6) is 0. The van der Waals surface area contributed by atoms with Gasteiger partial charge in [0.1, 0.15) is 0 Å². The molecular weight excluding hydrogens is 288 g/mol. The number of rotatable bonds is 2. The lowest BCUT2D eigenvalue weighted by molar-refractivity contribution is 1.03. The molecule has 0 bridgehead atoms. The predicted octanol–water partition coefficient (Wildman–Crippen LogP) is 5.16. The van der Waals surface area contributed by atoms with Crippen LogP contribution >= 0.6 is 23.8 Å². The van der Waals surface area contributed by atoms with Crippen LogP contribution in [0.1, 0.15) is 5.56 Å². The Balaban J connectivity index is 2.05. The Morgan fingerprint density at radius 2 is 1.65 bits per heavy atom. The zero-order valence-electron chi connectivity index (χ0n) is 10.9. The molecule has 0 spiro atoms. The van der Waals surface area contributed by atoms with Crippen molar-refractivity contribution < 1.29 is 0 Å². The molecule has 4 heteroatoms. The Labute approximate surface area is 127 Å². The lowest BCUT2D eigenvalue weighted by Gasteiger charge is -2.02. The van der Waals surface area contributed by atoms with E-state index >= 15 is 0 Å². The smallest absolute Gasteiger partial charge is 0.182 e. The SMILES string of the molecule is Cc1ccc(-n2cc(-c3ccc(Cl)cc3)[nH]c2=S)cc1. The minimum absolute atomic E-state index is 0.679. The van der Waals surface area contributed by atoms with Crippen LogP contribution in [0.5, 0.6) is 0 Å². The molecule has 0 radical (unpaired) electrons. The largest absolute Gasteiger partial charge is 0.330 e. The van der Waals surface area contributed by atoms with Crippen molar-refractivity contribution in [3.63, 3.8) is 0 Å². The second kappa shape index (κ2) is 5.27. The third kappa shape index (κ3) is 2.55. The molecule has 100 valence electrons. The van der Waals surface area contributed by atoms with Crippen molar-refractivity contribution in [1.29, 1.82) is 0 Å². The van der Waals surface area contributed by atoms with Crippen molar-refractivity contribution >= 4 is 23.8 Å². The van der Waals surface area contributed by atoms with E-state index in [2.05, 4.69) is 36.2 Å². The average Bonchev–Trinajstić information content (AvgIpc) is 2.82. The lowest BCUT2D eigenvalue weighted by Crippen LogP contribution is -1.91. The molecule has 2 aromatic carbocycles. The van der Waals surface area contributed by atoms with E-state index in [1.807, 2.05) is 35.0 Å². The van der Waals surface area contributed by atoms with Gasteiger partial charge in [-0.2, -0.15) is 0 Å². The lowest BCUT2D eigenvalue weighted by atomic mass is 10.2. The summed E-state index contributed by atoms with van der Waals surface area (Å²) in [5.41, 5.74) is 4.32. The number of imidazole rings is 1. The van der Waals surface area contributed by atoms with Gasteiger partial charge in [0, 0.05) is 16.9 Å². The van der Waals surface area contributed by atoms with Crippen LogP contribution in [0.15, 0.2) is 54.7 Å². The van der Waals surface area contributed by atoms with Gasteiger partial charge in [0.05, 0.1) is 5.69 Å². The predicted molar refractivity (Wildman–Crippen MR) is 86.1 cm³/mol. The third-order valence-corrected chi connectivity index (χ3v) is 3.74. The number of aryl methyl sites for hydroxylation is 1. The monoisotopic (exact) mass is 300 g/mol. The molecule has 20 heavy (non-hydrogen) atoms. The van der Waals surface area contributed by atoms with E-state index in [1.165, 1.54) is 5.56 Å². The highest BCUT2D eigenvalue weighted by molar-refractivity contribution is 7.71. The number of nitrogens with zero attached hydrogens (tertiary/aromatic N) is 1. The molecule has 1 heterocycles. The highest BCUT2D eigenvalue weighted by Gasteiger charge is 2.05. The summed E-state index contributed by atoms with van der Waals surface area (Å²) in [5, 5.41) is 0.727. The number of hydrogen-bond acceptors (Lipinski definition) is 1. The van der Waals surface area contributed by atoms with Crippen LogP contribution in [0.3, 0.4) is 0 Å². The number of H-pyrrole nitrogens is 1. The van der Waals surface area contributed by atoms with Crippen LogP contribution in [0.4, 0.5) is 0 Å². The molecule has 3 rings (SSSR count). The van der Waals surface area contributed by atoms with E-state index in [1.54, 1.807) is 0 Å². The summed E-state index contributed by atoms with van der Waals surface area (Å²) in [6, 6.07) is 16.0. The van der Waals surface area contributed by atoms with Gasteiger partial charge in [-0.05, 0) is 49.0 Å². The second-order valence-electron chi connectivity index (χ2n) is 4.69. The van der Waals surface area contributed by atoms with E-state index < -0.39 is 0 Å². The van der Waals surface area contributed by atoms with E-state index in [9.17, 15) is 0 Å². The van der Waals surface area contributed by atoms with Crippen LogP contribution < -0.4 is 0 Å². The highest BCUT2D eigenvalue weighted by atomic mass is 35.5. The van der Waals surface area contributed by atoms with Gasteiger partial charge < -0.3 is 4.98 Å². The van der Waals surface area contributed by atoms with Gasteiger partial charge in [0.15, 0.2) is 4.77 Å². The number of benzene rings is 2. The molecular formula is C16H13ClN2S. The third-order valence-electron chi connectivity index (χ3n) is 3.19. The van der Waals surface area contributed by atoms with Crippen LogP contribution in [-0.2, 0) is 0 Å². The number of halogens is 1. The maximum atomic E-state index is 5.91. The fourth-order valence-electron chi connectivity index (χ4n) is 2.07. The summed E-state index contributed by atoms with van der Waals surface area (Å²) in [4.78, 5) is 3.23. The van der Waals surface area contributed by atoms with Gasteiger partial charge in [-0.25, -0.2) is 0 Å². The molecule has 0 aliphatic carbocycles. The normalized spacial score (nSPS) is 10.7. The number of nitrogens with one attached hydrogen (secondary N) is 1. The highest BCUT2D eigenvalue weighted by Crippen LogP contribution is 2.22. The van der Waals surface area contributed by atoms with Crippen LogP contribution in [0.25, 0.3) is 16.9 Å². The van der Waals surface area contributed by atoms with E-state index in [4.69, 9.17) is 23.8 Å². The Hall–Kier alpha value is -1.84. The van der Waals surface area contributed by atoms with Crippen molar-refractivity contribution in [2.24, 2.45) is 0 Å². The van der Waals surface area contributed by atoms with Crippen molar-refractivity contribution in [3.05, 3.63) is 70.1 Å². The van der Waals surface area contributed by atoms with Gasteiger partial charge in [0.2, 0.25) is 0 Å². The molecule has 0 saturated carbocycles. The first kappa shape index (κ1) is 13.2. The molecule has 0 saturated heterocycles. The molecule has 0 unspecified atom stereocenters. The van der Waals surface area contributed by atoms with E-state index in [0.717, 1.165) is 22.0 Å². The first-order valence-electron chi connectivity index (χ1n) is 6.28. The van der Waals surface area contributed by atoms with Crippen molar-refractivity contribution in [3.8, 4) is 16.9 Å². The second-order valence-corrected chi connectivity index (χ2v) is 5.51. The minimum atomic E-state index is 0.679. The maximum Gasteiger partial charge on any atom is 0.182 e. The molecule has 0 fully saturated rings. The molecule has 0 amide bonds. The molecule has 3 aromatic rings. The number of aromatic nitrogens is 2. The van der Waals surface area contributed by atoms with Gasteiger partial charge in [-0.3, -0.25) is 4.57 Å². The standard InChI is InChI=1S/C16H13ClN2S/c1-11-2-8-14(9-3-11)19-10-15(18-16(19)20)12-4-6-13(17)7-5-12/h2-10H,1H3,(H,18,20). The Morgan fingerprint density at radius 1 is 1.00 bits per heavy atom. The fourth-order valence-corrected chi connectivity index (χ4v) is 2.46. The Kier molecular flexibility index (Phi) is 3.47. The zero-order chi connectivity index (χ0) is 14.1. The summed E-state index contributed by atoms with van der Waals surface area (Å²) >= 11 is 11.3. The first-order chi connectivity index (χ1) is 9.63. The van der Waals surface area contributed by atoms with Gasteiger partial charge in [0.25, 0.3) is 0 Å². The Bertz CT molecular complexity index is 783. The molecule has 2 nitrogen and oxygen atoms in total. The van der Waals surface area contributed by atoms with Crippen LogP contribution in [0.2, 0.25) is 5.02 Å². The maximum absolute atomic E-state index is 5.91. The molecule has 0 aliphatic heterocycles. The van der Waals surface area contributed by atoms with Gasteiger partial charge >= 0.3 is 0 Å². The van der Waals surface area contributed by atoms with Crippen molar-refractivity contribution in [2.75, 3.05) is 0 Å². The number of aromatic amines is 1. The molecule has 1 N–H and O–H groups in total. The number of hydrogen-bond donors (Lipinski definition) is 1. The van der Waals surface area contributed by atoms with Crippen molar-refractivity contribution in [2.45, 2.75) is 6.92 Å². The fraction of sp³-hybridized carbons (Fsp3) is 0.0625. The van der Waals surface area contributed by atoms with E-state index in [0.29, 0.717) is 4.77 Å². The molecule has 0 atom stereocenters. The molecule has 1 aromatic heterocycles. The summed E-state index contributed by atoms with van der Waals surface area (Å²) in [6.45, 7) is 2.07. The van der Waals surface area contributed by atoms with Crippen LogP contribution in [0, 0.1) is 11.7 Å². The Morgan fingerprint density at radius 3 is 2.30 bits per heavy atom. The van der Waals surface area contributed by atoms with E-state index in [-0.39, 0.29) is 0 Å². The first-order valence-corrected chi connectivity index (χ1v) is 7.07. The molecule has 0 aliphatic rings. The average molecular weight is 301 g/mol. The summed E-state index contributed by atoms with van der Waals surface area (Å²) in [7, 11) is 0. The van der Waals surface area contributed by atoms with Crippen LogP contribution in [-0.4, -0.2) is 9.55 Å². The topological polar surface area (TPSA) is 20.7 Å². The van der Waals surface area contributed by atoms with Gasteiger partial charge in [-0.15, -0.1) is 0 Å². The van der Waals surface area contributed by atoms with Gasteiger partial charge in [-0.1, -0.05) is 41.4 Å². The summed E-state index contributed by atoms with van der Waals surface area (Å²) in [6.07, 6.45) is 2.01. The minimum Gasteiger partial charge on any atom is -0.330 e. The zero-order valence-corrected chi connectivity index (χ0v) is 12.5. The summed E-state index contributed by atoms with van der Waals surface area (Å²) < 4.78 is 2.65.